The molecule has 0 saturated heterocycles. The van der Waals surface area contributed by atoms with Crippen LogP contribution in [0.5, 0.6) is 0 Å². The molecule has 32 heavy (non-hydrogen) atoms. The molecule has 0 atom stereocenters. The van der Waals surface area contributed by atoms with Crippen molar-refractivity contribution >= 4 is 11.7 Å². The summed E-state index contributed by atoms with van der Waals surface area (Å²) in [6.45, 7) is 4.33. The van der Waals surface area contributed by atoms with Gasteiger partial charge in [-0.25, -0.2) is 14.6 Å². The van der Waals surface area contributed by atoms with Gasteiger partial charge in [-0.3, -0.25) is 9.69 Å². The Morgan fingerprint density at radius 2 is 1.69 bits per heavy atom. The fourth-order valence-electron chi connectivity index (χ4n) is 4.24. The molecule has 0 bridgehead atoms. The summed E-state index contributed by atoms with van der Waals surface area (Å²) in [5.41, 5.74) is 6.15. The van der Waals surface area contributed by atoms with Crippen molar-refractivity contribution in [1.29, 1.82) is 0 Å². The smallest absolute Gasteiger partial charge is 0.228 e. The molecule has 2 aromatic heterocycles. The monoisotopic (exact) mass is 425 g/mol. The maximum atomic E-state index is 12.7. The first-order chi connectivity index (χ1) is 15.5. The van der Waals surface area contributed by atoms with E-state index in [0.717, 1.165) is 39.3 Å². The number of fused-ring (bicyclic) bond motifs is 1. The lowest BCUT2D eigenvalue weighted by Gasteiger charge is -2.29. The minimum atomic E-state index is 0.0965. The van der Waals surface area contributed by atoms with Crippen LogP contribution in [0.1, 0.15) is 29.1 Å². The summed E-state index contributed by atoms with van der Waals surface area (Å²) in [4.78, 5) is 23.6. The number of nitrogens with zero attached hydrogens (tertiary/aromatic N) is 7. The second-order valence-electron chi connectivity index (χ2n) is 8.01. The minimum absolute atomic E-state index is 0.0965. The molecule has 160 valence electrons. The van der Waals surface area contributed by atoms with E-state index in [1.165, 1.54) is 0 Å². The summed E-state index contributed by atoms with van der Waals surface area (Å²) in [7, 11) is 1.83. The van der Waals surface area contributed by atoms with Crippen LogP contribution >= 0.6 is 0 Å². The van der Waals surface area contributed by atoms with Gasteiger partial charge in [-0.2, -0.15) is 0 Å². The van der Waals surface area contributed by atoms with E-state index in [4.69, 9.17) is 0 Å². The van der Waals surface area contributed by atoms with Crippen LogP contribution in [0.15, 0.2) is 48.5 Å². The first-order valence-electron chi connectivity index (χ1n) is 10.6. The molecule has 0 saturated carbocycles. The number of carbonyl (C=O) groups excluding carboxylic acids is 1. The lowest BCUT2D eigenvalue weighted by Crippen LogP contribution is -2.36. The van der Waals surface area contributed by atoms with Crippen LogP contribution in [0.25, 0.3) is 22.5 Å². The number of rotatable bonds is 4. The van der Waals surface area contributed by atoms with Crippen molar-refractivity contribution in [3.63, 3.8) is 0 Å². The fourth-order valence-corrected chi connectivity index (χ4v) is 4.24. The van der Waals surface area contributed by atoms with Crippen molar-refractivity contribution in [1.82, 2.24) is 30.2 Å². The highest BCUT2D eigenvalue weighted by molar-refractivity contribution is 5.95. The Morgan fingerprint density at radius 1 is 0.938 bits per heavy atom. The predicted octanol–water partition coefficient (Wildman–Crippen LogP) is 3.43. The van der Waals surface area contributed by atoms with Crippen LogP contribution in [0.3, 0.4) is 0 Å². The Morgan fingerprint density at radius 3 is 2.41 bits per heavy atom. The van der Waals surface area contributed by atoms with Gasteiger partial charge in [-0.05, 0) is 47.4 Å². The van der Waals surface area contributed by atoms with Crippen LogP contribution in [-0.2, 0) is 24.8 Å². The largest absolute Gasteiger partial charge is 0.292 e. The molecule has 0 radical (unpaired) electrons. The molecule has 2 aromatic carbocycles. The molecule has 5 rings (SSSR count). The highest BCUT2D eigenvalue weighted by Gasteiger charge is 2.27. The molecular formula is C24H23N7O. The highest BCUT2D eigenvalue weighted by Crippen LogP contribution is 2.32. The number of aryl methyl sites for hydroxylation is 3. The van der Waals surface area contributed by atoms with Crippen LogP contribution in [0.4, 0.5) is 5.82 Å². The van der Waals surface area contributed by atoms with Gasteiger partial charge in [0.2, 0.25) is 5.91 Å². The summed E-state index contributed by atoms with van der Waals surface area (Å²) in [6.07, 6.45) is 1.18. The van der Waals surface area contributed by atoms with E-state index in [1.54, 1.807) is 9.58 Å². The third-order valence-corrected chi connectivity index (χ3v) is 5.84. The van der Waals surface area contributed by atoms with Crippen molar-refractivity contribution in [3.05, 3.63) is 71.2 Å². The van der Waals surface area contributed by atoms with E-state index in [9.17, 15) is 4.79 Å². The summed E-state index contributed by atoms with van der Waals surface area (Å²) in [5, 5.41) is 11.9. The van der Waals surface area contributed by atoms with Gasteiger partial charge in [0, 0.05) is 30.3 Å². The quantitative estimate of drug-likeness (QED) is 0.498. The van der Waals surface area contributed by atoms with Gasteiger partial charge in [-0.15, -0.1) is 5.10 Å². The molecule has 1 aliphatic rings. The Bertz CT molecular complexity index is 1310. The molecule has 0 N–H and O–H groups in total. The summed E-state index contributed by atoms with van der Waals surface area (Å²) < 4.78 is 1.67. The van der Waals surface area contributed by atoms with E-state index >= 15 is 0 Å². The molecule has 0 unspecified atom stereocenters. The van der Waals surface area contributed by atoms with Gasteiger partial charge < -0.3 is 0 Å². The Labute approximate surface area is 185 Å². The zero-order valence-electron chi connectivity index (χ0n) is 18.3. The molecule has 0 spiro atoms. The van der Waals surface area contributed by atoms with Crippen molar-refractivity contribution in [2.24, 2.45) is 7.05 Å². The average molecular weight is 425 g/mol. The molecule has 8 heteroatoms. The van der Waals surface area contributed by atoms with E-state index in [2.05, 4.69) is 55.8 Å². The lowest BCUT2D eigenvalue weighted by atomic mass is 9.97. The second-order valence-corrected chi connectivity index (χ2v) is 8.01. The maximum Gasteiger partial charge on any atom is 0.228 e. The summed E-state index contributed by atoms with van der Waals surface area (Å²) >= 11 is 0. The molecule has 8 nitrogen and oxygen atoms in total. The number of benzene rings is 2. The van der Waals surface area contributed by atoms with Crippen LogP contribution < -0.4 is 4.90 Å². The third-order valence-electron chi connectivity index (χ3n) is 5.84. The van der Waals surface area contributed by atoms with Crippen molar-refractivity contribution < 1.29 is 4.79 Å². The van der Waals surface area contributed by atoms with E-state index < -0.39 is 0 Å². The molecule has 0 fully saturated rings. The Kier molecular flexibility index (Phi) is 4.97. The summed E-state index contributed by atoms with van der Waals surface area (Å²) in [6, 6.07) is 16.3. The van der Waals surface area contributed by atoms with Gasteiger partial charge in [-0.1, -0.05) is 48.5 Å². The standard InChI is InChI=1S/C24H23N7O/c1-15-19-12-13-22(32)31(23(19)26-16(2)25-15)14-17-8-10-18(11-9-17)20-6-4-5-7-21(20)24-27-28-29-30(24)3/h4-11H,12-14H2,1-3H3. The van der Waals surface area contributed by atoms with Crippen molar-refractivity contribution in [2.75, 3.05) is 4.90 Å². The number of amides is 1. The Balaban J connectivity index is 1.46. The number of hydrogen-bond acceptors (Lipinski definition) is 6. The number of hydrogen-bond donors (Lipinski definition) is 0. The second kappa shape index (κ2) is 7.96. The van der Waals surface area contributed by atoms with Gasteiger partial charge in [0.05, 0.1) is 6.54 Å². The van der Waals surface area contributed by atoms with E-state index in [1.807, 2.05) is 39.1 Å². The summed E-state index contributed by atoms with van der Waals surface area (Å²) in [5.74, 6) is 2.24. The predicted molar refractivity (Wildman–Crippen MR) is 121 cm³/mol. The normalized spacial score (nSPS) is 13.3. The molecule has 3 heterocycles. The molecule has 0 aliphatic carbocycles. The number of tetrazole rings is 1. The van der Waals surface area contributed by atoms with E-state index in [-0.39, 0.29) is 5.91 Å². The van der Waals surface area contributed by atoms with Crippen molar-refractivity contribution in [2.45, 2.75) is 33.2 Å². The first-order valence-corrected chi connectivity index (χ1v) is 10.6. The van der Waals surface area contributed by atoms with Gasteiger partial charge in [0.1, 0.15) is 11.6 Å². The lowest BCUT2D eigenvalue weighted by molar-refractivity contribution is -0.119. The molecule has 4 aromatic rings. The topological polar surface area (TPSA) is 89.7 Å². The average Bonchev–Trinajstić information content (AvgIpc) is 3.22. The molecule has 1 aliphatic heterocycles. The van der Waals surface area contributed by atoms with Crippen LogP contribution in [0, 0.1) is 13.8 Å². The van der Waals surface area contributed by atoms with Crippen molar-refractivity contribution in [3.8, 4) is 22.5 Å². The number of carbonyl (C=O) groups is 1. The number of anilines is 1. The number of aromatic nitrogens is 6. The maximum absolute atomic E-state index is 12.7. The fraction of sp³-hybridized carbons (Fsp3) is 0.250. The van der Waals surface area contributed by atoms with Gasteiger partial charge in [0.15, 0.2) is 5.82 Å². The van der Waals surface area contributed by atoms with Gasteiger partial charge in [0.25, 0.3) is 0 Å². The Hall–Kier alpha value is -3.94. The third kappa shape index (κ3) is 3.53. The highest BCUT2D eigenvalue weighted by atomic mass is 16.2. The zero-order chi connectivity index (χ0) is 22.2. The first kappa shape index (κ1) is 20.0. The van der Waals surface area contributed by atoms with E-state index in [0.29, 0.717) is 31.0 Å². The molecular weight excluding hydrogens is 402 g/mol. The molecule has 1 amide bonds. The SMILES string of the molecule is Cc1nc(C)c2c(n1)N(Cc1ccc(-c3ccccc3-c3nnnn3C)cc1)C(=O)CC2. The van der Waals surface area contributed by atoms with Crippen LogP contribution in [-0.4, -0.2) is 36.1 Å². The van der Waals surface area contributed by atoms with Crippen LogP contribution in [0.2, 0.25) is 0 Å². The van der Waals surface area contributed by atoms with Gasteiger partial charge >= 0.3 is 0 Å². The zero-order valence-corrected chi connectivity index (χ0v) is 18.3. The minimum Gasteiger partial charge on any atom is -0.292 e.